The Hall–Kier alpha value is -0.890. The van der Waals surface area contributed by atoms with Gasteiger partial charge in [-0.1, -0.05) is 0 Å². The first kappa shape index (κ1) is 16.5. The van der Waals surface area contributed by atoms with E-state index in [-0.39, 0.29) is 6.10 Å². The van der Waals surface area contributed by atoms with Crippen LogP contribution in [0.15, 0.2) is 17.2 Å². The van der Waals surface area contributed by atoms with E-state index in [1.807, 2.05) is 18.5 Å². The molecule has 2 N–H and O–H groups in total. The minimum Gasteiger partial charge on any atom is -0.378 e. The summed E-state index contributed by atoms with van der Waals surface area (Å²) in [4.78, 5) is 0.335. The van der Waals surface area contributed by atoms with Gasteiger partial charge in [-0.05, 0) is 39.3 Å². The molecule has 0 amide bonds. The lowest BCUT2D eigenvalue weighted by atomic mass is 10.2. The number of hydrogen-bond donors (Lipinski definition) is 2. The molecule has 21 heavy (non-hydrogen) atoms. The molecule has 120 valence electrons. The van der Waals surface area contributed by atoms with Crippen molar-refractivity contribution in [3.63, 3.8) is 0 Å². The molecule has 0 saturated carbocycles. The zero-order chi connectivity index (χ0) is 15.3. The Morgan fingerprint density at radius 2 is 2.29 bits per heavy atom. The largest absolute Gasteiger partial charge is 0.378 e. The maximum absolute atomic E-state index is 12.3. The fourth-order valence-corrected chi connectivity index (χ4v) is 3.72. The summed E-state index contributed by atoms with van der Waals surface area (Å²) in [6.45, 7) is 4.62. The molecule has 6 nitrogen and oxygen atoms in total. The standard InChI is InChI=1S/C14H25N3O3S/c1-3-17-11-14(9-12(17)10-15-2)21(18,19)16-7-6-13-5-4-8-20-13/h9,11,13,15-16H,3-8,10H2,1-2H3. The van der Waals surface area contributed by atoms with Crippen molar-refractivity contribution in [2.24, 2.45) is 0 Å². The van der Waals surface area contributed by atoms with Crippen molar-refractivity contribution in [1.82, 2.24) is 14.6 Å². The molecular weight excluding hydrogens is 290 g/mol. The van der Waals surface area contributed by atoms with Crippen LogP contribution < -0.4 is 10.0 Å². The first-order valence-corrected chi connectivity index (χ1v) is 9.00. The average molecular weight is 315 g/mol. The smallest absolute Gasteiger partial charge is 0.242 e. The molecule has 0 aromatic carbocycles. The lowest BCUT2D eigenvalue weighted by Gasteiger charge is -2.09. The van der Waals surface area contributed by atoms with E-state index in [0.717, 1.165) is 38.1 Å². The van der Waals surface area contributed by atoms with E-state index in [4.69, 9.17) is 4.74 Å². The maximum atomic E-state index is 12.3. The van der Waals surface area contributed by atoms with Crippen LogP contribution in [0.3, 0.4) is 0 Å². The molecule has 0 radical (unpaired) electrons. The minimum atomic E-state index is -3.44. The van der Waals surface area contributed by atoms with Crippen molar-refractivity contribution in [3.8, 4) is 0 Å². The molecule has 0 aliphatic carbocycles. The second kappa shape index (κ2) is 7.40. The minimum absolute atomic E-state index is 0.202. The van der Waals surface area contributed by atoms with Gasteiger partial charge in [0.05, 0.1) is 11.0 Å². The summed E-state index contributed by atoms with van der Waals surface area (Å²) in [7, 11) is -1.59. The van der Waals surface area contributed by atoms with Crippen LogP contribution in [-0.4, -0.2) is 39.3 Å². The third-order valence-electron chi connectivity index (χ3n) is 3.75. The predicted molar refractivity (Wildman–Crippen MR) is 81.6 cm³/mol. The van der Waals surface area contributed by atoms with Crippen LogP contribution in [0.5, 0.6) is 0 Å². The van der Waals surface area contributed by atoms with Crippen molar-refractivity contribution in [1.29, 1.82) is 0 Å². The van der Waals surface area contributed by atoms with Crippen LogP contribution in [0.1, 0.15) is 31.9 Å². The highest BCUT2D eigenvalue weighted by Crippen LogP contribution is 2.17. The summed E-state index contributed by atoms with van der Waals surface area (Å²) in [5, 5.41) is 3.05. The van der Waals surface area contributed by atoms with Gasteiger partial charge in [-0.15, -0.1) is 0 Å². The molecule has 2 rings (SSSR count). The van der Waals surface area contributed by atoms with Crippen molar-refractivity contribution < 1.29 is 13.2 Å². The maximum Gasteiger partial charge on any atom is 0.242 e. The van der Waals surface area contributed by atoms with Crippen molar-refractivity contribution in [2.75, 3.05) is 20.2 Å². The molecule has 0 spiro atoms. The van der Waals surface area contributed by atoms with Crippen LogP contribution in [-0.2, 0) is 27.8 Å². The summed E-state index contributed by atoms with van der Waals surface area (Å²) < 4.78 is 34.7. The van der Waals surface area contributed by atoms with Gasteiger partial charge in [0.2, 0.25) is 10.0 Å². The van der Waals surface area contributed by atoms with Crippen molar-refractivity contribution in [3.05, 3.63) is 18.0 Å². The summed E-state index contributed by atoms with van der Waals surface area (Å²) in [6.07, 6.45) is 4.73. The topological polar surface area (TPSA) is 72.4 Å². The quantitative estimate of drug-likeness (QED) is 0.753. The van der Waals surface area contributed by atoms with Crippen LogP contribution in [0.25, 0.3) is 0 Å². The van der Waals surface area contributed by atoms with E-state index in [0.29, 0.717) is 18.0 Å². The molecule has 1 atom stereocenters. The summed E-state index contributed by atoms with van der Waals surface area (Å²) in [6, 6.07) is 1.73. The highest BCUT2D eigenvalue weighted by atomic mass is 32.2. The van der Waals surface area contributed by atoms with Gasteiger partial charge in [-0.2, -0.15) is 0 Å². The van der Waals surface area contributed by atoms with Crippen LogP contribution in [0.4, 0.5) is 0 Å². The fraction of sp³-hybridized carbons (Fsp3) is 0.714. The fourth-order valence-electron chi connectivity index (χ4n) is 2.61. The third kappa shape index (κ3) is 4.29. The molecule has 1 aromatic heterocycles. The van der Waals surface area contributed by atoms with Gasteiger partial charge < -0.3 is 14.6 Å². The zero-order valence-corrected chi connectivity index (χ0v) is 13.6. The number of aromatic nitrogens is 1. The second-order valence-electron chi connectivity index (χ2n) is 5.30. The Kier molecular flexibility index (Phi) is 5.80. The van der Waals surface area contributed by atoms with E-state index in [1.165, 1.54) is 0 Å². The molecule has 1 aliphatic rings. The van der Waals surface area contributed by atoms with Gasteiger partial charge >= 0.3 is 0 Å². The Labute approximate surface area is 126 Å². The van der Waals surface area contributed by atoms with Crippen molar-refractivity contribution >= 4 is 10.0 Å². The Morgan fingerprint density at radius 1 is 1.48 bits per heavy atom. The zero-order valence-electron chi connectivity index (χ0n) is 12.8. The lowest BCUT2D eigenvalue weighted by Crippen LogP contribution is -2.27. The Morgan fingerprint density at radius 3 is 2.90 bits per heavy atom. The van der Waals surface area contributed by atoms with Crippen LogP contribution in [0.2, 0.25) is 0 Å². The van der Waals surface area contributed by atoms with Gasteiger partial charge in [0, 0.05) is 38.1 Å². The normalized spacial score (nSPS) is 19.2. The van der Waals surface area contributed by atoms with E-state index in [1.54, 1.807) is 12.3 Å². The van der Waals surface area contributed by atoms with Crippen LogP contribution >= 0.6 is 0 Å². The number of ether oxygens (including phenoxy) is 1. The molecule has 1 aliphatic heterocycles. The number of hydrogen-bond acceptors (Lipinski definition) is 4. The number of nitrogens with one attached hydrogen (secondary N) is 2. The predicted octanol–water partition coefficient (Wildman–Crippen LogP) is 1.07. The van der Waals surface area contributed by atoms with Gasteiger partial charge in [-0.25, -0.2) is 13.1 Å². The molecule has 1 fully saturated rings. The first-order valence-electron chi connectivity index (χ1n) is 7.51. The summed E-state index contributed by atoms with van der Waals surface area (Å²) >= 11 is 0. The number of rotatable bonds is 8. The van der Waals surface area contributed by atoms with Gasteiger partial charge in [0.25, 0.3) is 0 Å². The highest BCUT2D eigenvalue weighted by Gasteiger charge is 2.20. The van der Waals surface area contributed by atoms with E-state index < -0.39 is 10.0 Å². The van der Waals surface area contributed by atoms with E-state index >= 15 is 0 Å². The average Bonchev–Trinajstić information content (AvgIpc) is 3.08. The van der Waals surface area contributed by atoms with Gasteiger partial charge in [0.1, 0.15) is 0 Å². The molecular formula is C14H25N3O3S. The molecule has 1 saturated heterocycles. The molecule has 2 heterocycles. The SMILES string of the molecule is CCn1cc(S(=O)(=O)NCCC2CCCO2)cc1CNC. The monoisotopic (exact) mass is 315 g/mol. The summed E-state index contributed by atoms with van der Waals surface area (Å²) in [5.41, 5.74) is 0.972. The Balaban J connectivity index is 1.97. The second-order valence-corrected chi connectivity index (χ2v) is 7.07. The molecule has 1 aromatic rings. The van der Waals surface area contributed by atoms with Crippen LogP contribution in [0, 0.1) is 0 Å². The van der Waals surface area contributed by atoms with Gasteiger partial charge in [0.15, 0.2) is 0 Å². The first-order chi connectivity index (χ1) is 10.1. The Bertz CT molecular complexity index is 548. The van der Waals surface area contributed by atoms with E-state index in [2.05, 4.69) is 10.0 Å². The number of sulfonamides is 1. The number of nitrogens with zero attached hydrogens (tertiary/aromatic N) is 1. The highest BCUT2D eigenvalue weighted by molar-refractivity contribution is 7.89. The lowest BCUT2D eigenvalue weighted by molar-refractivity contribution is 0.105. The molecule has 0 bridgehead atoms. The third-order valence-corrected chi connectivity index (χ3v) is 5.18. The molecule has 1 unspecified atom stereocenters. The number of aryl methyl sites for hydroxylation is 1. The van der Waals surface area contributed by atoms with Gasteiger partial charge in [-0.3, -0.25) is 0 Å². The van der Waals surface area contributed by atoms with E-state index in [9.17, 15) is 8.42 Å². The van der Waals surface area contributed by atoms with Crippen molar-refractivity contribution in [2.45, 2.75) is 50.3 Å². The molecule has 7 heteroatoms. The summed E-state index contributed by atoms with van der Waals surface area (Å²) in [5.74, 6) is 0.